The Balaban J connectivity index is 2.75. The first-order valence-corrected chi connectivity index (χ1v) is 5.12. The van der Waals surface area contributed by atoms with Crippen LogP contribution in [0.5, 0.6) is 0 Å². The van der Waals surface area contributed by atoms with E-state index < -0.39 is 0 Å². The molecular formula is C9H19N5O. The van der Waals surface area contributed by atoms with Gasteiger partial charge in [0.2, 0.25) is 0 Å². The Morgan fingerprint density at radius 2 is 2.20 bits per heavy atom. The van der Waals surface area contributed by atoms with E-state index in [1.54, 1.807) is 4.68 Å². The third-order valence-electron chi connectivity index (χ3n) is 2.03. The zero-order chi connectivity index (χ0) is 11.5. The average Bonchev–Trinajstić information content (AvgIpc) is 2.50. The van der Waals surface area contributed by atoms with E-state index in [4.69, 9.17) is 10.5 Å². The molecule has 0 aliphatic rings. The molecule has 0 spiro atoms. The summed E-state index contributed by atoms with van der Waals surface area (Å²) in [5, 5.41) is 11.4. The molecule has 0 aromatic carbocycles. The maximum atomic E-state index is 5.75. The van der Waals surface area contributed by atoms with Crippen molar-refractivity contribution in [1.82, 2.24) is 20.2 Å². The predicted molar refractivity (Wildman–Crippen MR) is 56.1 cm³/mol. The molecule has 0 radical (unpaired) electrons. The first kappa shape index (κ1) is 12.1. The molecule has 15 heavy (non-hydrogen) atoms. The standard InChI is InChI=1S/C9H19N5O/c1-5-15-9(3,4)6-14-8(7(2)10)11-12-13-14/h7H,5-6,10H2,1-4H3. The molecule has 86 valence electrons. The lowest BCUT2D eigenvalue weighted by Crippen LogP contribution is -2.32. The third-order valence-corrected chi connectivity index (χ3v) is 2.03. The summed E-state index contributed by atoms with van der Waals surface area (Å²) in [6, 6.07) is -0.169. The second-order valence-electron chi connectivity index (χ2n) is 4.18. The van der Waals surface area contributed by atoms with Crippen molar-refractivity contribution >= 4 is 0 Å². The lowest BCUT2D eigenvalue weighted by Gasteiger charge is -2.24. The molecule has 1 rings (SSSR count). The number of ether oxygens (including phenoxy) is 1. The van der Waals surface area contributed by atoms with Crippen LogP contribution in [0.2, 0.25) is 0 Å². The van der Waals surface area contributed by atoms with Crippen molar-refractivity contribution in [2.24, 2.45) is 5.73 Å². The lowest BCUT2D eigenvalue weighted by atomic mass is 10.1. The molecule has 1 aromatic rings. The smallest absolute Gasteiger partial charge is 0.167 e. The summed E-state index contributed by atoms with van der Waals surface area (Å²) in [5.41, 5.74) is 5.46. The fourth-order valence-electron chi connectivity index (χ4n) is 1.45. The zero-order valence-electron chi connectivity index (χ0n) is 9.77. The van der Waals surface area contributed by atoms with Gasteiger partial charge in [0.05, 0.1) is 18.2 Å². The average molecular weight is 213 g/mol. The highest BCUT2D eigenvalue weighted by atomic mass is 16.5. The number of tetrazole rings is 1. The number of hydrogen-bond donors (Lipinski definition) is 1. The fraction of sp³-hybridized carbons (Fsp3) is 0.889. The van der Waals surface area contributed by atoms with Crippen LogP contribution in [-0.2, 0) is 11.3 Å². The summed E-state index contributed by atoms with van der Waals surface area (Å²) < 4.78 is 7.27. The van der Waals surface area contributed by atoms with Crippen LogP contribution >= 0.6 is 0 Å². The second kappa shape index (κ2) is 4.67. The molecule has 0 bridgehead atoms. The minimum absolute atomic E-state index is 0.169. The number of hydrogen-bond acceptors (Lipinski definition) is 5. The van der Waals surface area contributed by atoms with E-state index >= 15 is 0 Å². The monoisotopic (exact) mass is 213 g/mol. The molecule has 1 unspecified atom stereocenters. The van der Waals surface area contributed by atoms with Crippen LogP contribution in [-0.4, -0.2) is 32.4 Å². The topological polar surface area (TPSA) is 78.8 Å². The molecule has 0 aliphatic carbocycles. The van der Waals surface area contributed by atoms with E-state index in [1.807, 2.05) is 27.7 Å². The van der Waals surface area contributed by atoms with Crippen LogP contribution in [0, 0.1) is 0 Å². The minimum Gasteiger partial charge on any atom is -0.374 e. The normalized spacial score (nSPS) is 14.2. The highest BCUT2D eigenvalue weighted by Gasteiger charge is 2.22. The second-order valence-corrected chi connectivity index (χ2v) is 4.18. The largest absolute Gasteiger partial charge is 0.374 e. The molecule has 0 saturated carbocycles. The molecule has 2 N–H and O–H groups in total. The lowest BCUT2D eigenvalue weighted by molar-refractivity contribution is -0.0257. The summed E-state index contributed by atoms with van der Waals surface area (Å²) in [6.45, 7) is 9.10. The Kier molecular flexibility index (Phi) is 3.76. The van der Waals surface area contributed by atoms with Gasteiger partial charge in [0.25, 0.3) is 0 Å². The van der Waals surface area contributed by atoms with Gasteiger partial charge in [-0.3, -0.25) is 0 Å². The van der Waals surface area contributed by atoms with Crippen LogP contribution in [0.3, 0.4) is 0 Å². The van der Waals surface area contributed by atoms with Crippen LogP contribution < -0.4 is 5.73 Å². The first-order chi connectivity index (χ1) is 6.96. The molecule has 0 aliphatic heterocycles. The van der Waals surface area contributed by atoms with E-state index in [-0.39, 0.29) is 11.6 Å². The zero-order valence-corrected chi connectivity index (χ0v) is 9.77. The number of nitrogens with two attached hydrogens (primary N) is 1. The molecule has 0 fully saturated rings. The van der Waals surface area contributed by atoms with Crippen LogP contribution in [0.25, 0.3) is 0 Å². The summed E-state index contributed by atoms with van der Waals surface area (Å²) in [7, 11) is 0. The van der Waals surface area contributed by atoms with Crippen molar-refractivity contribution in [3.8, 4) is 0 Å². The Morgan fingerprint density at radius 3 is 2.73 bits per heavy atom. The van der Waals surface area contributed by atoms with E-state index in [0.29, 0.717) is 19.0 Å². The van der Waals surface area contributed by atoms with Gasteiger partial charge >= 0.3 is 0 Å². The van der Waals surface area contributed by atoms with Gasteiger partial charge < -0.3 is 10.5 Å². The van der Waals surface area contributed by atoms with Crippen molar-refractivity contribution in [2.75, 3.05) is 6.61 Å². The van der Waals surface area contributed by atoms with Gasteiger partial charge in [0.15, 0.2) is 5.82 Å². The maximum Gasteiger partial charge on any atom is 0.167 e. The third kappa shape index (κ3) is 3.24. The van der Waals surface area contributed by atoms with E-state index in [9.17, 15) is 0 Å². The molecule has 0 amide bonds. The Hall–Kier alpha value is -1.01. The van der Waals surface area contributed by atoms with Crippen molar-refractivity contribution in [1.29, 1.82) is 0 Å². The molecule has 6 nitrogen and oxygen atoms in total. The molecule has 1 heterocycles. The molecule has 0 saturated heterocycles. The fourth-order valence-corrected chi connectivity index (χ4v) is 1.45. The molecule has 1 atom stereocenters. The molecule has 1 aromatic heterocycles. The van der Waals surface area contributed by atoms with Crippen LogP contribution in [0.1, 0.15) is 39.6 Å². The minimum atomic E-state index is -0.284. The van der Waals surface area contributed by atoms with Crippen LogP contribution in [0.15, 0.2) is 0 Å². The van der Waals surface area contributed by atoms with E-state index in [1.165, 1.54) is 0 Å². The van der Waals surface area contributed by atoms with Gasteiger partial charge in [-0.15, -0.1) is 5.10 Å². The highest BCUT2D eigenvalue weighted by Crippen LogP contribution is 2.14. The Morgan fingerprint density at radius 1 is 1.53 bits per heavy atom. The Labute approximate surface area is 89.8 Å². The quantitative estimate of drug-likeness (QED) is 0.770. The summed E-state index contributed by atoms with van der Waals surface area (Å²) in [4.78, 5) is 0. The summed E-state index contributed by atoms with van der Waals surface area (Å²) >= 11 is 0. The summed E-state index contributed by atoms with van der Waals surface area (Å²) in [5.74, 6) is 0.683. The van der Waals surface area contributed by atoms with Crippen molar-refractivity contribution in [3.63, 3.8) is 0 Å². The van der Waals surface area contributed by atoms with Gasteiger partial charge in [0.1, 0.15) is 0 Å². The number of nitrogens with zero attached hydrogens (tertiary/aromatic N) is 4. The van der Waals surface area contributed by atoms with E-state index in [0.717, 1.165) is 0 Å². The van der Waals surface area contributed by atoms with Crippen molar-refractivity contribution in [2.45, 2.75) is 45.9 Å². The number of rotatable bonds is 5. The van der Waals surface area contributed by atoms with Crippen molar-refractivity contribution < 1.29 is 4.74 Å². The highest BCUT2D eigenvalue weighted by molar-refractivity contribution is 4.89. The molecule has 6 heteroatoms. The van der Waals surface area contributed by atoms with Gasteiger partial charge in [0, 0.05) is 6.61 Å². The number of aromatic nitrogens is 4. The summed E-state index contributed by atoms with van der Waals surface area (Å²) in [6.07, 6.45) is 0. The van der Waals surface area contributed by atoms with Gasteiger partial charge in [-0.25, -0.2) is 4.68 Å². The maximum absolute atomic E-state index is 5.75. The SMILES string of the molecule is CCOC(C)(C)Cn1nnnc1C(C)N. The van der Waals surface area contributed by atoms with Crippen molar-refractivity contribution in [3.05, 3.63) is 5.82 Å². The van der Waals surface area contributed by atoms with Gasteiger partial charge in [-0.2, -0.15) is 0 Å². The van der Waals surface area contributed by atoms with Gasteiger partial charge in [-0.05, 0) is 38.1 Å². The first-order valence-electron chi connectivity index (χ1n) is 5.12. The predicted octanol–water partition coefficient (Wildman–Crippen LogP) is 0.508. The van der Waals surface area contributed by atoms with Crippen LogP contribution in [0.4, 0.5) is 0 Å². The van der Waals surface area contributed by atoms with E-state index in [2.05, 4.69) is 15.5 Å². The molecular weight excluding hydrogens is 194 g/mol. The Bertz CT molecular complexity index is 307. The van der Waals surface area contributed by atoms with Gasteiger partial charge in [-0.1, -0.05) is 0 Å².